The molecule has 9 nitrogen and oxygen atoms in total. The summed E-state index contributed by atoms with van der Waals surface area (Å²) < 4.78 is 17.2. The van der Waals surface area contributed by atoms with Gasteiger partial charge in [-0.05, 0) is 31.2 Å². The number of nitrogens with zero attached hydrogens (tertiary/aromatic N) is 3. The zero-order chi connectivity index (χ0) is 21.4. The van der Waals surface area contributed by atoms with Crippen LogP contribution in [0.25, 0.3) is 16.6 Å². The number of fused-ring (bicyclic) bond motifs is 2. The van der Waals surface area contributed by atoms with Crippen LogP contribution in [0.2, 0.25) is 0 Å². The Kier molecular flexibility index (Phi) is 4.83. The lowest BCUT2D eigenvalue weighted by Crippen LogP contribution is -2.23. The summed E-state index contributed by atoms with van der Waals surface area (Å²) in [5.74, 6) is 1.83. The fourth-order valence-corrected chi connectivity index (χ4v) is 4.01. The molecule has 2 aromatic heterocycles. The molecule has 5 rings (SSSR count). The molecule has 1 N–H and O–H groups in total. The van der Waals surface area contributed by atoms with Crippen molar-refractivity contribution in [3.8, 4) is 17.2 Å². The number of rotatable bonds is 5. The lowest BCUT2D eigenvalue weighted by atomic mass is 10.2. The van der Waals surface area contributed by atoms with E-state index < -0.39 is 0 Å². The van der Waals surface area contributed by atoms with Crippen molar-refractivity contribution in [2.75, 3.05) is 17.9 Å². The van der Waals surface area contributed by atoms with E-state index >= 15 is 0 Å². The highest BCUT2D eigenvalue weighted by Gasteiger charge is 2.19. The highest BCUT2D eigenvalue weighted by Crippen LogP contribution is 2.34. The number of aromatic nitrogens is 3. The lowest BCUT2D eigenvalue weighted by Gasteiger charge is -2.13. The second kappa shape index (κ2) is 7.80. The Labute approximate surface area is 180 Å². The normalized spacial score (nSPS) is 12.3. The number of carbonyl (C=O) groups excluding carboxylic acids is 1. The number of benzene rings is 2. The number of thioether (sulfide) groups is 1. The number of ether oxygens (including phenoxy) is 2. The van der Waals surface area contributed by atoms with E-state index in [-0.39, 0.29) is 24.0 Å². The Balaban J connectivity index is 1.51. The quantitative estimate of drug-likeness (QED) is 0.375. The maximum atomic E-state index is 13.3. The molecule has 0 radical (unpaired) electrons. The van der Waals surface area contributed by atoms with Gasteiger partial charge < -0.3 is 19.3 Å². The molecule has 0 fully saturated rings. The summed E-state index contributed by atoms with van der Waals surface area (Å²) in [6.45, 7) is 1.87. The molecule has 31 heavy (non-hydrogen) atoms. The van der Waals surface area contributed by atoms with Gasteiger partial charge in [0.1, 0.15) is 5.76 Å². The number of para-hydroxylation sites is 1. The molecule has 1 aliphatic heterocycles. The van der Waals surface area contributed by atoms with Gasteiger partial charge in [0.2, 0.25) is 12.7 Å². The second-order valence-electron chi connectivity index (χ2n) is 6.75. The van der Waals surface area contributed by atoms with Gasteiger partial charge in [0.25, 0.3) is 5.56 Å². The Morgan fingerprint density at radius 3 is 2.84 bits per heavy atom. The summed E-state index contributed by atoms with van der Waals surface area (Å²) in [6.07, 6.45) is 0. The summed E-state index contributed by atoms with van der Waals surface area (Å²) in [7, 11) is 0. The molecular formula is C21H16N4O5S. The Morgan fingerprint density at radius 2 is 2.00 bits per heavy atom. The topological polar surface area (TPSA) is 108 Å². The smallest absolute Gasteiger partial charge is 0.266 e. The number of aryl methyl sites for hydroxylation is 1. The van der Waals surface area contributed by atoms with E-state index in [1.807, 2.05) is 6.07 Å². The van der Waals surface area contributed by atoms with Crippen molar-refractivity contribution in [3.63, 3.8) is 0 Å². The van der Waals surface area contributed by atoms with Crippen LogP contribution in [0, 0.1) is 6.92 Å². The molecule has 10 heteroatoms. The van der Waals surface area contributed by atoms with Crippen molar-refractivity contribution < 1.29 is 18.8 Å². The highest BCUT2D eigenvalue weighted by atomic mass is 32.2. The van der Waals surface area contributed by atoms with E-state index in [9.17, 15) is 9.59 Å². The Morgan fingerprint density at radius 1 is 1.16 bits per heavy atom. The molecule has 0 unspecified atom stereocenters. The first-order valence-electron chi connectivity index (χ1n) is 9.36. The van der Waals surface area contributed by atoms with Gasteiger partial charge in [-0.1, -0.05) is 29.1 Å². The van der Waals surface area contributed by atoms with Gasteiger partial charge in [0.05, 0.1) is 22.3 Å². The molecule has 0 bridgehead atoms. The van der Waals surface area contributed by atoms with Gasteiger partial charge in [-0.3, -0.25) is 14.2 Å². The minimum atomic E-state index is -0.294. The van der Waals surface area contributed by atoms with Crippen molar-refractivity contribution in [3.05, 3.63) is 64.6 Å². The molecule has 1 amide bonds. The van der Waals surface area contributed by atoms with Gasteiger partial charge in [0.15, 0.2) is 22.5 Å². The maximum Gasteiger partial charge on any atom is 0.266 e. The van der Waals surface area contributed by atoms with Gasteiger partial charge >= 0.3 is 0 Å². The van der Waals surface area contributed by atoms with E-state index in [0.29, 0.717) is 44.8 Å². The number of hydrogen-bond acceptors (Lipinski definition) is 8. The Bertz CT molecular complexity index is 1360. The summed E-state index contributed by atoms with van der Waals surface area (Å²) in [4.78, 5) is 30.3. The van der Waals surface area contributed by atoms with Crippen molar-refractivity contribution in [1.29, 1.82) is 0 Å². The standard InChI is InChI=1S/C21H16N4O5S/c1-12-8-18(24-30-12)23-19(26)10-31-21-22-15-5-3-2-4-14(15)20(27)25(21)13-6-7-16-17(9-13)29-11-28-16/h2-9H,10-11H2,1H3,(H,23,24,26). The van der Waals surface area contributed by atoms with Crippen LogP contribution in [0.5, 0.6) is 11.5 Å². The predicted octanol–water partition coefficient (Wildman–Crippen LogP) is 3.14. The SMILES string of the molecule is Cc1cc(NC(=O)CSc2nc3ccccc3c(=O)n2-c2ccc3c(c2)OCO3)no1. The fraction of sp³-hybridized carbons (Fsp3) is 0.143. The minimum Gasteiger partial charge on any atom is -0.454 e. The second-order valence-corrected chi connectivity index (χ2v) is 7.69. The van der Waals surface area contributed by atoms with Crippen LogP contribution >= 0.6 is 11.8 Å². The third-order valence-corrected chi connectivity index (χ3v) is 5.53. The zero-order valence-electron chi connectivity index (χ0n) is 16.3. The van der Waals surface area contributed by atoms with Crippen molar-refractivity contribution in [2.24, 2.45) is 0 Å². The molecule has 0 atom stereocenters. The van der Waals surface area contributed by atoms with Crippen LogP contribution in [-0.2, 0) is 4.79 Å². The maximum absolute atomic E-state index is 13.3. The number of nitrogens with one attached hydrogen (secondary N) is 1. The van der Waals surface area contributed by atoms with E-state index in [2.05, 4.69) is 15.5 Å². The number of carbonyl (C=O) groups is 1. The minimum absolute atomic E-state index is 0.0290. The molecule has 1 aliphatic rings. The summed E-state index contributed by atoms with van der Waals surface area (Å²) in [5, 5.41) is 7.28. The predicted molar refractivity (Wildman–Crippen MR) is 114 cm³/mol. The molecule has 3 heterocycles. The van der Waals surface area contributed by atoms with Crippen LogP contribution in [0.3, 0.4) is 0 Å². The molecule has 4 aromatic rings. The summed E-state index contributed by atoms with van der Waals surface area (Å²) in [6, 6.07) is 13.9. The van der Waals surface area contributed by atoms with E-state index in [1.165, 1.54) is 4.57 Å². The molecule has 2 aromatic carbocycles. The highest BCUT2D eigenvalue weighted by molar-refractivity contribution is 7.99. The van der Waals surface area contributed by atoms with Crippen LogP contribution in [0.1, 0.15) is 5.76 Å². The first kappa shape index (κ1) is 19.2. The van der Waals surface area contributed by atoms with E-state index in [0.717, 1.165) is 11.8 Å². The first-order chi connectivity index (χ1) is 15.1. The molecule has 0 saturated carbocycles. The zero-order valence-corrected chi connectivity index (χ0v) is 17.1. The van der Waals surface area contributed by atoms with Crippen molar-refractivity contribution in [1.82, 2.24) is 14.7 Å². The third-order valence-electron chi connectivity index (χ3n) is 4.59. The van der Waals surface area contributed by atoms with Gasteiger partial charge in [-0.15, -0.1) is 0 Å². The van der Waals surface area contributed by atoms with Crippen LogP contribution in [0.15, 0.2) is 63.0 Å². The van der Waals surface area contributed by atoms with Crippen LogP contribution in [0.4, 0.5) is 5.82 Å². The van der Waals surface area contributed by atoms with Crippen LogP contribution < -0.4 is 20.3 Å². The Hall–Kier alpha value is -3.79. The lowest BCUT2D eigenvalue weighted by molar-refractivity contribution is -0.113. The van der Waals surface area contributed by atoms with Gasteiger partial charge in [-0.25, -0.2) is 4.98 Å². The molecular weight excluding hydrogens is 420 g/mol. The molecule has 0 spiro atoms. The number of amides is 1. The fourth-order valence-electron chi connectivity index (χ4n) is 3.20. The van der Waals surface area contributed by atoms with Crippen LogP contribution in [-0.4, -0.2) is 33.2 Å². The van der Waals surface area contributed by atoms with Gasteiger partial charge in [-0.2, -0.15) is 0 Å². The molecule has 156 valence electrons. The summed E-state index contributed by atoms with van der Waals surface area (Å²) >= 11 is 1.15. The largest absolute Gasteiger partial charge is 0.454 e. The average molecular weight is 436 g/mol. The van der Waals surface area contributed by atoms with Gasteiger partial charge in [0, 0.05) is 12.1 Å². The van der Waals surface area contributed by atoms with Crippen molar-refractivity contribution >= 4 is 34.4 Å². The number of hydrogen-bond donors (Lipinski definition) is 1. The first-order valence-corrected chi connectivity index (χ1v) is 10.3. The number of anilines is 1. The molecule has 0 saturated heterocycles. The van der Waals surface area contributed by atoms with Crippen molar-refractivity contribution in [2.45, 2.75) is 12.1 Å². The summed E-state index contributed by atoms with van der Waals surface area (Å²) in [5.41, 5.74) is 0.890. The van der Waals surface area contributed by atoms with E-state index in [4.69, 9.17) is 14.0 Å². The molecule has 0 aliphatic carbocycles. The monoisotopic (exact) mass is 436 g/mol. The third kappa shape index (κ3) is 3.73. The average Bonchev–Trinajstić information content (AvgIpc) is 3.40. The van der Waals surface area contributed by atoms with E-state index in [1.54, 1.807) is 49.4 Å².